The number of hydrogen-bond acceptors (Lipinski definition) is 5. The number of benzene rings is 3. The van der Waals surface area contributed by atoms with Crippen molar-refractivity contribution in [1.29, 1.82) is 0 Å². The van der Waals surface area contributed by atoms with Crippen LogP contribution in [0.3, 0.4) is 0 Å². The van der Waals surface area contributed by atoms with E-state index in [0.29, 0.717) is 39.7 Å². The van der Waals surface area contributed by atoms with E-state index in [0.717, 1.165) is 11.1 Å². The monoisotopic (exact) mass is 493 g/mol. The van der Waals surface area contributed by atoms with Crippen molar-refractivity contribution >= 4 is 33.8 Å². The summed E-state index contributed by atoms with van der Waals surface area (Å²) in [6, 6.07) is 21.4. The largest absolute Gasteiger partial charge is 0.316 e. The molecule has 2 heterocycles. The van der Waals surface area contributed by atoms with Crippen LogP contribution in [0.5, 0.6) is 0 Å². The maximum Gasteiger partial charge on any atom is 0.316 e. The highest BCUT2D eigenvalue weighted by Gasteiger charge is 2.16. The van der Waals surface area contributed by atoms with Gasteiger partial charge in [-0.1, -0.05) is 48.0 Å². The second kappa shape index (κ2) is 9.54. The van der Waals surface area contributed by atoms with Gasteiger partial charge in [-0.05, 0) is 44.2 Å². The summed E-state index contributed by atoms with van der Waals surface area (Å²) >= 11 is 0. The normalized spacial score (nSPS) is 11.0. The van der Waals surface area contributed by atoms with E-state index in [-0.39, 0.29) is 5.56 Å². The number of H-pyrrole nitrogens is 1. The molecule has 0 saturated heterocycles. The molecule has 0 aliphatic carbocycles. The lowest BCUT2D eigenvalue weighted by atomic mass is 10.0. The summed E-state index contributed by atoms with van der Waals surface area (Å²) in [5.74, 6) is -1.09. The minimum Gasteiger partial charge on any atom is -0.316 e. The van der Waals surface area contributed by atoms with Crippen LogP contribution in [-0.4, -0.2) is 26.3 Å². The van der Waals surface area contributed by atoms with Crippen LogP contribution in [0.1, 0.15) is 33.2 Å². The Hall–Kier alpha value is -5.05. The number of carbonyl (C=O) groups excluding carboxylic acids is 2. The summed E-state index contributed by atoms with van der Waals surface area (Å²) in [5, 5.41) is 0.644. The lowest BCUT2D eigenvalue weighted by Crippen LogP contribution is -2.41. The van der Waals surface area contributed by atoms with Gasteiger partial charge in [0.15, 0.2) is 0 Å². The van der Waals surface area contributed by atoms with Gasteiger partial charge in [0.25, 0.3) is 11.8 Å². The van der Waals surface area contributed by atoms with Gasteiger partial charge in [0, 0.05) is 23.1 Å². The molecular formula is C28H23N5O4. The minimum atomic E-state index is -0.769. The molecule has 0 bridgehead atoms. The number of para-hydroxylation sites is 1. The molecule has 3 aromatic carbocycles. The highest BCUT2D eigenvalue weighted by molar-refractivity contribution is 6.08. The number of fused-ring (bicyclic) bond motifs is 2. The van der Waals surface area contributed by atoms with Crippen molar-refractivity contribution in [1.82, 2.24) is 25.4 Å². The highest BCUT2D eigenvalue weighted by Crippen LogP contribution is 2.25. The predicted octanol–water partition coefficient (Wildman–Crippen LogP) is 3.31. The molecule has 0 aliphatic heterocycles. The van der Waals surface area contributed by atoms with E-state index in [1.807, 2.05) is 49.4 Å². The Balaban J connectivity index is 1.43. The Morgan fingerprint density at radius 2 is 1.65 bits per heavy atom. The van der Waals surface area contributed by atoms with Crippen LogP contribution in [-0.2, 0) is 6.54 Å². The first kappa shape index (κ1) is 23.7. The first-order valence-electron chi connectivity index (χ1n) is 11.7. The molecule has 37 heavy (non-hydrogen) atoms. The molecule has 5 aromatic rings. The van der Waals surface area contributed by atoms with Gasteiger partial charge in [-0.15, -0.1) is 0 Å². The Bertz CT molecular complexity index is 1800. The number of aromatic amines is 1. The Labute approximate surface area is 210 Å². The zero-order chi connectivity index (χ0) is 26.1. The summed E-state index contributed by atoms with van der Waals surface area (Å²) in [7, 11) is 0. The number of pyridine rings is 1. The molecule has 0 spiro atoms. The van der Waals surface area contributed by atoms with Crippen molar-refractivity contribution in [3.8, 4) is 11.3 Å². The molecule has 0 radical (unpaired) electrons. The number of nitrogens with one attached hydrogen (secondary N) is 3. The summed E-state index contributed by atoms with van der Waals surface area (Å²) in [6.07, 6.45) is 0. The van der Waals surface area contributed by atoms with Crippen LogP contribution in [0.4, 0.5) is 0 Å². The standard InChI is InChI=1S/C28H23N5O4/c1-3-33-24-13-12-18(14-23(24)30-27(36)28(33)37)25(34)31-32-26(35)20-15-22(17-10-8-16(2)9-11-17)29-21-7-5-4-6-19(20)21/h4-15H,3H2,1-2H3,(H,30,36)(H,31,34)(H,32,35). The van der Waals surface area contributed by atoms with E-state index in [1.165, 1.54) is 16.7 Å². The molecule has 9 heteroatoms. The molecule has 2 aromatic heterocycles. The first-order chi connectivity index (χ1) is 17.9. The minimum absolute atomic E-state index is 0.199. The second-order valence-corrected chi connectivity index (χ2v) is 8.58. The number of rotatable bonds is 4. The van der Waals surface area contributed by atoms with E-state index in [9.17, 15) is 19.2 Å². The molecule has 184 valence electrons. The van der Waals surface area contributed by atoms with Crippen molar-refractivity contribution in [2.75, 3.05) is 0 Å². The van der Waals surface area contributed by atoms with Gasteiger partial charge < -0.3 is 9.55 Å². The van der Waals surface area contributed by atoms with Crippen LogP contribution in [0, 0.1) is 6.92 Å². The van der Waals surface area contributed by atoms with Crippen molar-refractivity contribution in [3.63, 3.8) is 0 Å². The average Bonchev–Trinajstić information content (AvgIpc) is 2.91. The fourth-order valence-electron chi connectivity index (χ4n) is 4.22. The third-order valence-corrected chi connectivity index (χ3v) is 6.15. The van der Waals surface area contributed by atoms with Gasteiger partial charge in [-0.25, -0.2) is 4.98 Å². The quantitative estimate of drug-likeness (QED) is 0.262. The van der Waals surface area contributed by atoms with Gasteiger partial charge in [-0.3, -0.25) is 30.0 Å². The molecule has 0 atom stereocenters. The van der Waals surface area contributed by atoms with Gasteiger partial charge in [-0.2, -0.15) is 0 Å². The van der Waals surface area contributed by atoms with Gasteiger partial charge in [0.2, 0.25) is 0 Å². The highest BCUT2D eigenvalue weighted by atomic mass is 16.2. The number of aryl methyl sites for hydroxylation is 2. The lowest BCUT2D eigenvalue weighted by molar-refractivity contribution is 0.0847. The number of carbonyl (C=O) groups is 2. The maximum atomic E-state index is 13.2. The fraction of sp³-hybridized carbons (Fsp3) is 0.107. The number of aromatic nitrogens is 3. The Kier molecular flexibility index (Phi) is 6.10. The van der Waals surface area contributed by atoms with Gasteiger partial charge in [0.05, 0.1) is 27.8 Å². The van der Waals surface area contributed by atoms with Crippen LogP contribution < -0.4 is 22.0 Å². The predicted molar refractivity (Wildman–Crippen MR) is 141 cm³/mol. The number of hydrazine groups is 1. The third-order valence-electron chi connectivity index (χ3n) is 6.15. The fourth-order valence-corrected chi connectivity index (χ4v) is 4.22. The number of amides is 2. The molecular weight excluding hydrogens is 470 g/mol. The summed E-state index contributed by atoms with van der Waals surface area (Å²) in [6.45, 7) is 4.06. The molecule has 5 rings (SSSR count). The molecule has 0 aliphatic rings. The SMILES string of the molecule is CCn1c(=O)c(=O)[nH]c2cc(C(=O)NNC(=O)c3cc(-c4ccc(C)cc4)nc4ccccc34)ccc21. The summed E-state index contributed by atoms with van der Waals surface area (Å²) in [5.41, 5.74) is 8.14. The first-order valence-corrected chi connectivity index (χ1v) is 11.7. The van der Waals surface area contributed by atoms with Crippen molar-refractivity contribution < 1.29 is 9.59 Å². The molecule has 0 unspecified atom stereocenters. The topological polar surface area (TPSA) is 126 Å². The summed E-state index contributed by atoms with van der Waals surface area (Å²) in [4.78, 5) is 57.2. The van der Waals surface area contributed by atoms with Crippen molar-refractivity contribution in [3.05, 3.63) is 110 Å². The zero-order valence-electron chi connectivity index (χ0n) is 20.2. The van der Waals surface area contributed by atoms with Crippen molar-refractivity contribution in [2.24, 2.45) is 0 Å². The number of nitrogens with zero attached hydrogens (tertiary/aromatic N) is 2. The molecule has 2 amide bonds. The van der Waals surface area contributed by atoms with E-state index in [2.05, 4.69) is 15.8 Å². The van der Waals surface area contributed by atoms with E-state index in [1.54, 1.807) is 25.1 Å². The van der Waals surface area contributed by atoms with E-state index >= 15 is 0 Å². The van der Waals surface area contributed by atoms with Crippen molar-refractivity contribution in [2.45, 2.75) is 20.4 Å². The molecule has 9 nitrogen and oxygen atoms in total. The number of hydrogen-bond donors (Lipinski definition) is 3. The summed E-state index contributed by atoms with van der Waals surface area (Å²) < 4.78 is 1.33. The van der Waals surface area contributed by atoms with Crippen LogP contribution in [0.25, 0.3) is 33.2 Å². The maximum absolute atomic E-state index is 13.2. The lowest BCUT2D eigenvalue weighted by Gasteiger charge is -2.12. The zero-order valence-corrected chi connectivity index (χ0v) is 20.2. The Morgan fingerprint density at radius 1 is 0.919 bits per heavy atom. The average molecular weight is 494 g/mol. The molecule has 3 N–H and O–H groups in total. The van der Waals surface area contributed by atoms with Crippen LogP contribution in [0.15, 0.2) is 82.4 Å². The Morgan fingerprint density at radius 3 is 2.41 bits per heavy atom. The molecule has 0 fully saturated rings. The second-order valence-electron chi connectivity index (χ2n) is 8.58. The molecule has 0 saturated carbocycles. The van der Waals surface area contributed by atoms with Crippen LogP contribution >= 0.6 is 0 Å². The third kappa shape index (κ3) is 4.50. The smallest absolute Gasteiger partial charge is 0.316 e. The van der Waals surface area contributed by atoms with Gasteiger partial charge >= 0.3 is 11.1 Å². The van der Waals surface area contributed by atoms with Crippen LogP contribution in [0.2, 0.25) is 0 Å². The van der Waals surface area contributed by atoms with E-state index < -0.39 is 22.9 Å². The van der Waals surface area contributed by atoms with E-state index in [4.69, 9.17) is 4.98 Å². The van der Waals surface area contributed by atoms with Gasteiger partial charge in [0.1, 0.15) is 0 Å².